The van der Waals surface area contributed by atoms with Gasteiger partial charge >= 0.3 is 0 Å². The number of ether oxygens (including phenoxy) is 2. The zero-order valence-corrected chi connectivity index (χ0v) is 17.2. The number of carbonyl (C=O) groups is 1. The van der Waals surface area contributed by atoms with Gasteiger partial charge in [0.25, 0.3) is 0 Å². The lowest BCUT2D eigenvalue weighted by Gasteiger charge is -2.37. The number of likely N-dealkylation sites (tertiary alicyclic amines) is 1. The van der Waals surface area contributed by atoms with Crippen LogP contribution in [-0.4, -0.2) is 53.5 Å². The van der Waals surface area contributed by atoms with Crippen LogP contribution in [0.15, 0.2) is 42.7 Å². The first-order chi connectivity index (χ1) is 14.1. The summed E-state index contributed by atoms with van der Waals surface area (Å²) < 4.78 is 11.8. The summed E-state index contributed by atoms with van der Waals surface area (Å²) in [6.45, 7) is 5.78. The van der Waals surface area contributed by atoms with E-state index in [0.29, 0.717) is 19.0 Å². The number of pyridine rings is 1. The standard InChI is InChI=1S/C23H29N3O3/c1-17(27)26-15-20-11-21(28-2)7-8-22(20)29-23(16-26)19-6-4-10-25(14-19)13-18-5-3-9-24-12-18/h3,5,7-9,11-12,19,23H,4,6,10,13-16H2,1-2H3/t19-,23-/m1/s1. The van der Waals surface area contributed by atoms with Crippen LogP contribution >= 0.6 is 0 Å². The number of fused-ring (bicyclic) bond motifs is 1. The summed E-state index contributed by atoms with van der Waals surface area (Å²) in [7, 11) is 1.66. The average molecular weight is 396 g/mol. The minimum atomic E-state index is -0.00903. The van der Waals surface area contributed by atoms with Crippen molar-refractivity contribution in [3.8, 4) is 11.5 Å². The second kappa shape index (κ2) is 8.82. The van der Waals surface area contributed by atoms with Crippen LogP contribution in [0.1, 0.15) is 30.9 Å². The molecule has 0 unspecified atom stereocenters. The summed E-state index contributed by atoms with van der Waals surface area (Å²) in [5, 5.41) is 0. The van der Waals surface area contributed by atoms with Crippen molar-refractivity contribution < 1.29 is 14.3 Å². The Balaban J connectivity index is 1.51. The van der Waals surface area contributed by atoms with Gasteiger partial charge < -0.3 is 14.4 Å². The zero-order chi connectivity index (χ0) is 20.2. The van der Waals surface area contributed by atoms with Gasteiger partial charge in [0.2, 0.25) is 5.91 Å². The van der Waals surface area contributed by atoms with Crippen molar-refractivity contribution in [2.24, 2.45) is 5.92 Å². The molecule has 4 rings (SSSR count). The van der Waals surface area contributed by atoms with E-state index < -0.39 is 0 Å². The van der Waals surface area contributed by atoms with Gasteiger partial charge in [0, 0.05) is 50.4 Å². The number of methoxy groups -OCH3 is 1. The Bertz CT molecular complexity index is 843. The summed E-state index contributed by atoms with van der Waals surface area (Å²) in [5.41, 5.74) is 2.24. The predicted octanol–water partition coefficient (Wildman–Crippen LogP) is 3.11. The van der Waals surface area contributed by atoms with Crippen molar-refractivity contribution in [2.45, 2.75) is 39.0 Å². The van der Waals surface area contributed by atoms with Crippen LogP contribution in [0.3, 0.4) is 0 Å². The van der Waals surface area contributed by atoms with E-state index in [1.54, 1.807) is 14.0 Å². The van der Waals surface area contributed by atoms with Gasteiger partial charge in [-0.3, -0.25) is 14.7 Å². The molecule has 0 radical (unpaired) electrons. The molecule has 2 aliphatic rings. The quantitative estimate of drug-likeness (QED) is 0.796. The Hall–Kier alpha value is -2.60. The molecular formula is C23H29N3O3. The van der Waals surface area contributed by atoms with Gasteiger partial charge in [-0.15, -0.1) is 0 Å². The Kier molecular flexibility index (Phi) is 6.00. The van der Waals surface area contributed by atoms with Gasteiger partial charge in [-0.1, -0.05) is 6.07 Å². The first-order valence-electron chi connectivity index (χ1n) is 10.3. The lowest BCUT2D eigenvalue weighted by Crippen LogP contribution is -2.46. The third-order valence-corrected chi connectivity index (χ3v) is 5.95. The van der Waals surface area contributed by atoms with E-state index >= 15 is 0 Å². The highest BCUT2D eigenvalue weighted by molar-refractivity contribution is 5.73. The summed E-state index contributed by atoms with van der Waals surface area (Å²) in [6, 6.07) is 9.99. The highest BCUT2D eigenvalue weighted by Gasteiger charge is 2.33. The number of hydrogen-bond donors (Lipinski definition) is 0. The zero-order valence-electron chi connectivity index (χ0n) is 17.2. The number of rotatable bonds is 4. The fourth-order valence-corrected chi connectivity index (χ4v) is 4.38. The number of piperidine rings is 1. The molecule has 1 amide bonds. The van der Waals surface area contributed by atoms with Crippen LogP contribution in [-0.2, 0) is 17.9 Å². The van der Waals surface area contributed by atoms with Crippen molar-refractivity contribution >= 4 is 5.91 Å². The van der Waals surface area contributed by atoms with E-state index in [1.807, 2.05) is 41.6 Å². The summed E-state index contributed by atoms with van der Waals surface area (Å²) >= 11 is 0. The average Bonchev–Trinajstić information content (AvgIpc) is 2.94. The molecule has 3 heterocycles. The Morgan fingerprint density at radius 2 is 2.21 bits per heavy atom. The molecule has 1 aromatic heterocycles. The first-order valence-corrected chi connectivity index (χ1v) is 10.3. The van der Waals surface area contributed by atoms with Crippen LogP contribution in [0.2, 0.25) is 0 Å². The summed E-state index contributed by atoms with van der Waals surface area (Å²) in [6.07, 6.45) is 5.99. The maximum atomic E-state index is 12.3. The van der Waals surface area contributed by atoms with Crippen LogP contribution in [0.5, 0.6) is 11.5 Å². The molecule has 1 fully saturated rings. The Morgan fingerprint density at radius 1 is 1.31 bits per heavy atom. The van der Waals surface area contributed by atoms with E-state index in [2.05, 4.69) is 16.0 Å². The highest BCUT2D eigenvalue weighted by atomic mass is 16.5. The number of carbonyl (C=O) groups excluding carboxylic acids is 1. The molecule has 29 heavy (non-hydrogen) atoms. The number of amides is 1. The van der Waals surface area contributed by atoms with Gasteiger partial charge in [-0.2, -0.15) is 0 Å². The van der Waals surface area contributed by atoms with Crippen molar-refractivity contribution in [3.63, 3.8) is 0 Å². The molecule has 154 valence electrons. The molecule has 0 spiro atoms. The second-order valence-corrected chi connectivity index (χ2v) is 8.03. The van der Waals surface area contributed by atoms with Gasteiger partial charge in [0.1, 0.15) is 17.6 Å². The number of nitrogens with zero attached hydrogens (tertiary/aromatic N) is 3. The lowest BCUT2D eigenvalue weighted by molar-refractivity contribution is -0.130. The van der Waals surface area contributed by atoms with Gasteiger partial charge in [0.15, 0.2) is 0 Å². The Labute approximate surface area is 172 Å². The van der Waals surface area contributed by atoms with Gasteiger partial charge in [0.05, 0.1) is 13.7 Å². The molecule has 6 nitrogen and oxygen atoms in total. The topological polar surface area (TPSA) is 54.9 Å². The van der Waals surface area contributed by atoms with Crippen LogP contribution in [0.4, 0.5) is 0 Å². The molecule has 0 N–H and O–H groups in total. The third-order valence-electron chi connectivity index (χ3n) is 5.95. The second-order valence-electron chi connectivity index (χ2n) is 8.03. The lowest BCUT2D eigenvalue weighted by atomic mass is 9.91. The fraction of sp³-hybridized carbons (Fsp3) is 0.478. The van der Waals surface area contributed by atoms with Crippen molar-refractivity contribution in [1.29, 1.82) is 0 Å². The molecule has 2 atom stereocenters. The van der Waals surface area contributed by atoms with Gasteiger partial charge in [-0.05, 0) is 49.2 Å². The molecule has 0 aliphatic carbocycles. The smallest absolute Gasteiger partial charge is 0.219 e. The Morgan fingerprint density at radius 3 is 2.97 bits per heavy atom. The van der Waals surface area contributed by atoms with Crippen LogP contribution in [0.25, 0.3) is 0 Å². The van der Waals surface area contributed by atoms with Crippen LogP contribution in [0, 0.1) is 5.92 Å². The van der Waals surface area contributed by atoms with E-state index in [0.717, 1.165) is 49.5 Å². The molecule has 6 heteroatoms. The minimum absolute atomic E-state index is 0.00903. The largest absolute Gasteiger partial charge is 0.497 e. The SMILES string of the molecule is COc1ccc2c(c1)CN(C(C)=O)C[C@H]([C@@H]1CCCN(Cc3cccnc3)C1)O2. The van der Waals surface area contributed by atoms with Crippen molar-refractivity contribution in [3.05, 3.63) is 53.9 Å². The van der Waals surface area contributed by atoms with Crippen LogP contribution < -0.4 is 9.47 Å². The predicted molar refractivity (Wildman–Crippen MR) is 111 cm³/mol. The van der Waals surface area contributed by atoms with Gasteiger partial charge in [-0.25, -0.2) is 0 Å². The third kappa shape index (κ3) is 4.70. The van der Waals surface area contributed by atoms with E-state index in [-0.39, 0.29) is 12.0 Å². The molecule has 2 aromatic rings. The molecule has 0 saturated carbocycles. The van der Waals surface area contributed by atoms with Crippen molar-refractivity contribution in [2.75, 3.05) is 26.7 Å². The fourth-order valence-electron chi connectivity index (χ4n) is 4.38. The van der Waals surface area contributed by atoms with Crippen molar-refractivity contribution in [1.82, 2.24) is 14.8 Å². The molecular weight excluding hydrogens is 366 g/mol. The molecule has 2 aliphatic heterocycles. The normalized spacial score (nSPS) is 22.3. The van der Waals surface area contributed by atoms with E-state index in [9.17, 15) is 4.79 Å². The monoisotopic (exact) mass is 395 g/mol. The summed E-state index contributed by atoms with van der Waals surface area (Å²) in [5.74, 6) is 2.12. The number of benzene rings is 1. The molecule has 0 bridgehead atoms. The maximum absolute atomic E-state index is 12.3. The maximum Gasteiger partial charge on any atom is 0.219 e. The highest BCUT2D eigenvalue weighted by Crippen LogP contribution is 2.33. The minimum Gasteiger partial charge on any atom is -0.497 e. The van der Waals surface area contributed by atoms with E-state index in [4.69, 9.17) is 9.47 Å². The molecule has 1 saturated heterocycles. The first kappa shape index (κ1) is 19.7. The summed E-state index contributed by atoms with van der Waals surface area (Å²) in [4.78, 5) is 20.9. The number of hydrogen-bond acceptors (Lipinski definition) is 5. The van der Waals surface area contributed by atoms with E-state index in [1.165, 1.54) is 5.56 Å². The number of aromatic nitrogens is 1. The molecule has 1 aromatic carbocycles.